The summed E-state index contributed by atoms with van der Waals surface area (Å²) in [7, 11) is 0. The lowest BCUT2D eigenvalue weighted by atomic mass is 9.69. The maximum atomic E-state index is 14.9. The third-order valence-electron chi connectivity index (χ3n) is 13.5. The first-order valence-corrected chi connectivity index (χ1v) is 20.9. The topological polar surface area (TPSA) is 94.6 Å². The summed E-state index contributed by atoms with van der Waals surface area (Å²) < 4.78 is 6.98. The van der Waals surface area contributed by atoms with Crippen LogP contribution in [0.1, 0.15) is 135 Å². The largest absolute Gasteiger partial charge is 0.490 e. The fourth-order valence-corrected chi connectivity index (χ4v) is 10.0. The van der Waals surface area contributed by atoms with Gasteiger partial charge in [0.1, 0.15) is 40.8 Å². The van der Waals surface area contributed by atoms with E-state index in [1.165, 1.54) is 0 Å². The van der Waals surface area contributed by atoms with Gasteiger partial charge in [-0.15, -0.1) is 6.58 Å². The molecule has 2 aromatic carbocycles. The van der Waals surface area contributed by atoms with Crippen LogP contribution in [0.25, 0.3) is 16.3 Å². The lowest BCUT2D eigenvalue weighted by molar-refractivity contribution is -0.139. The molecule has 294 valence electrons. The number of hydrogen-bond donors (Lipinski definition) is 0. The standard InChI is InChI=1S/C49H62O6/c1-9-36-27-49(36,31(5)50)28-45(53)41-25-39(26-43(41)47(54)44(48(6,7)8)24-38(52)20-32-13-11-12-14-32)55-46-23-35(22-40-30(4)17-29(3)18-42(40)46)34-16-15-33(19-34)21-37(51)10-2/h9,16-19,22-23,32,36,39,41,43-44H,1,10-15,20-21,24-28H2,2-8H3. The Labute approximate surface area is 328 Å². The Bertz CT molecular complexity index is 1950. The minimum Gasteiger partial charge on any atom is -0.490 e. The number of carbonyl (C=O) groups excluding carboxylic acids is 5. The second-order valence-electron chi connectivity index (χ2n) is 18.6. The number of ketones is 5. The van der Waals surface area contributed by atoms with Crippen LogP contribution in [0, 0.1) is 54.3 Å². The van der Waals surface area contributed by atoms with E-state index in [2.05, 4.69) is 56.8 Å². The molecule has 0 amide bonds. The predicted octanol–water partition coefficient (Wildman–Crippen LogP) is 10.8. The van der Waals surface area contributed by atoms with Gasteiger partial charge in [-0.25, -0.2) is 0 Å². The van der Waals surface area contributed by atoms with E-state index in [1.54, 1.807) is 13.0 Å². The number of allylic oxidation sites excluding steroid dienone is 5. The van der Waals surface area contributed by atoms with Crippen molar-refractivity contribution in [3.63, 3.8) is 0 Å². The molecule has 55 heavy (non-hydrogen) atoms. The van der Waals surface area contributed by atoms with Crippen LogP contribution in [-0.4, -0.2) is 35.0 Å². The average Bonchev–Trinajstić information content (AvgIpc) is 3.53. The van der Waals surface area contributed by atoms with Crippen molar-refractivity contribution >= 4 is 45.3 Å². The van der Waals surface area contributed by atoms with Gasteiger partial charge in [-0.1, -0.05) is 88.8 Å². The van der Waals surface area contributed by atoms with E-state index >= 15 is 0 Å². The number of rotatable bonds is 17. The van der Waals surface area contributed by atoms with Gasteiger partial charge in [0.25, 0.3) is 0 Å². The molecule has 4 aliphatic carbocycles. The summed E-state index contributed by atoms with van der Waals surface area (Å²) in [6.45, 7) is 17.6. The first-order chi connectivity index (χ1) is 26.0. The molecule has 6 rings (SSSR count). The molecule has 0 N–H and O–H groups in total. The highest BCUT2D eigenvalue weighted by atomic mass is 16.5. The zero-order valence-electron chi connectivity index (χ0n) is 34.4. The van der Waals surface area contributed by atoms with Crippen molar-refractivity contribution < 1.29 is 28.7 Å². The molecule has 6 unspecified atom stereocenters. The number of Topliss-reactive ketones (excluding diaryl/α,β-unsaturated/α-hetero) is 5. The van der Waals surface area contributed by atoms with Crippen molar-refractivity contribution in [3.8, 4) is 5.75 Å². The molecule has 6 heteroatoms. The Morgan fingerprint density at radius 1 is 0.964 bits per heavy atom. The van der Waals surface area contributed by atoms with Gasteiger partial charge in [0.05, 0.1) is 0 Å². The molecular formula is C49H62O6. The number of ether oxygens (including phenoxy) is 1. The first kappa shape index (κ1) is 40.7. The first-order valence-electron chi connectivity index (χ1n) is 20.9. The molecule has 3 fully saturated rings. The van der Waals surface area contributed by atoms with Crippen LogP contribution in [0.5, 0.6) is 5.75 Å². The summed E-state index contributed by atoms with van der Waals surface area (Å²) in [5.41, 5.74) is 4.20. The van der Waals surface area contributed by atoms with Gasteiger partial charge in [0.15, 0.2) is 0 Å². The molecule has 0 bridgehead atoms. The summed E-state index contributed by atoms with van der Waals surface area (Å²) in [5, 5.41) is 2.06. The Hall–Kier alpha value is -3.93. The normalized spacial score (nSPS) is 25.7. The van der Waals surface area contributed by atoms with E-state index in [4.69, 9.17) is 4.74 Å². The Morgan fingerprint density at radius 3 is 2.31 bits per heavy atom. The van der Waals surface area contributed by atoms with Gasteiger partial charge < -0.3 is 4.74 Å². The fourth-order valence-electron chi connectivity index (χ4n) is 10.0. The Morgan fingerprint density at radius 2 is 1.67 bits per heavy atom. The minimum absolute atomic E-state index is 0.00369. The van der Waals surface area contributed by atoms with Crippen LogP contribution in [0.2, 0.25) is 0 Å². The number of aryl methyl sites for hydroxylation is 2. The van der Waals surface area contributed by atoms with Crippen LogP contribution in [-0.2, 0) is 24.0 Å². The number of benzene rings is 2. The highest BCUT2D eigenvalue weighted by Crippen LogP contribution is 2.58. The molecule has 4 aliphatic rings. The van der Waals surface area contributed by atoms with Gasteiger partial charge in [0.2, 0.25) is 0 Å². The Balaban J connectivity index is 1.33. The molecule has 3 saturated carbocycles. The summed E-state index contributed by atoms with van der Waals surface area (Å²) in [4.78, 5) is 68.1. The lowest BCUT2D eigenvalue weighted by Crippen LogP contribution is -2.38. The van der Waals surface area contributed by atoms with E-state index in [9.17, 15) is 24.0 Å². The summed E-state index contributed by atoms with van der Waals surface area (Å²) in [5.74, 6) is -0.370. The monoisotopic (exact) mass is 746 g/mol. The molecule has 6 nitrogen and oxygen atoms in total. The van der Waals surface area contributed by atoms with Gasteiger partial charge in [-0.2, -0.15) is 0 Å². The van der Waals surface area contributed by atoms with Crippen molar-refractivity contribution in [2.75, 3.05) is 0 Å². The molecule has 2 aromatic rings. The smallest absolute Gasteiger partial charge is 0.140 e. The zero-order valence-corrected chi connectivity index (χ0v) is 34.4. The fraction of sp³-hybridized carbons (Fsp3) is 0.571. The summed E-state index contributed by atoms with van der Waals surface area (Å²) in [6.07, 6.45) is 14.0. The van der Waals surface area contributed by atoms with E-state index in [-0.39, 0.29) is 47.7 Å². The van der Waals surface area contributed by atoms with E-state index < -0.39 is 34.7 Å². The second kappa shape index (κ2) is 16.3. The van der Waals surface area contributed by atoms with Crippen molar-refractivity contribution in [2.45, 2.75) is 138 Å². The third-order valence-corrected chi connectivity index (χ3v) is 13.5. The van der Waals surface area contributed by atoms with Crippen molar-refractivity contribution in [1.29, 1.82) is 0 Å². The molecule has 0 aromatic heterocycles. The van der Waals surface area contributed by atoms with Crippen LogP contribution >= 0.6 is 0 Å². The predicted molar refractivity (Wildman–Crippen MR) is 220 cm³/mol. The number of carbonyl (C=O) groups is 5. The minimum atomic E-state index is -0.741. The molecule has 0 heterocycles. The molecule has 0 radical (unpaired) electrons. The van der Waals surface area contributed by atoms with E-state index in [0.717, 1.165) is 70.7 Å². The Kier molecular flexibility index (Phi) is 12.1. The highest BCUT2D eigenvalue weighted by molar-refractivity contribution is 5.98. The van der Waals surface area contributed by atoms with Gasteiger partial charge >= 0.3 is 0 Å². The number of fused-ring (bicyclic) bond motifs is 1. The molecule has 0 saturated heterocycles. The quantitative estimate of drug-likeness (QED) is 0.150. The van der Waals surface area contributed by atoms with Crippen LogP contribution < -0.4 is 4.74 Å². The van der Waals surface area contributed by atoms with Crippen LogP contribution in [0.4, 0.5) is 0 Å². The van der Waals surface area contributed by atoms with Gasteiger partial charge in [0, 0.05) is 60.7 Å². The average molecular weight is 747 g/mol. The van der Waals surface area contributed by atoms with E-state index in [0.29, 0.717) is 50.2 Å². The molecule has 0 spiro atoms. The maximum Gasteiger partial charge on any atom is 0.140 e. The van der Waals surface area contributed by atoms with Gasteiger partial charge in [-0.05, 0) is 104 Å². The van der Waals surface area contributed by atoms with E-state index in [1.807, 2.05) is 27.7 Å². The maximum absolute atomic E-state index is 14.9. The lowest BCUT2D eigenvalue weighted by Gasteiger charge is -2.33. The van der Waals surface area contributed by atoms with Crippen molar-refractivity contribution in [1.82, 2.24) is 0 Å². The number of hydrogen-bond acceptors (Lipinski definition) is 6. The van der Waals surface area contributed by atoms with Crippen molar-refractivity contribution in [3.05, 3.63) is 71.3 Å². The molecule has 6 atom stereocenters. The summed E-state index contributed by atoms with van der Waals surface area (Å²) in [6, 6.07) is 8.57. The SMILES string of the molecule is C=CC1CC1(CC(=O)C1CC(Oc2cc(C3=CCC(CC(=O)CC)=C3)cc3c(C)cc(C)cc23)CC1C(=O)C(CC(=O)CC1CCCC1)C(C)(C)C)C(C)=O. The third kappa shape index (κ3) is 8.89. The zero-order chi connectivity index (χ0) is 39.8. The van der Waals surface area contributed by atoms with Crippen LogP contribution in [0.15, 0.2) is 54.6 Å². The van der Waals surface area contributed by atoms with Crippen LogP contribution in [0.3, 0.4) is 0 Å². The highest BCUT2D eigenvalue weighted by Gasteiger charge is 2.59. The van der Waals surface area contributed by atoms with Gasteiger partial charge in [-0.3, -0.25) is 24.0 Å². The molecule has 0 aliphatic heterocycles. The molecular weight excluding hydrogens is 685 g/mol. The second-order valence-corrected chi connectivity index (χ2v) is 18.6. The summed E-state index contributed by atoms with van der Waals surface area (Å²) >= 11 is 0. The van der Waals surface area contributed by atoms with Crippen molar-refractivity contribution in [2.24, 2.45) is 40.4 Å².